The normalized spacial score (nSPS) is 16.4. The number of hydrogen-bond acceptors (Lipinski definition) is 2. The van der Waals surface area contributed by atoms with Crippen LogP contribution in [0, 0.1) is 13.8 Å². The molecule has 0 N–H and O–H groups in total. The summed E-state index contributed by atoms with van der Waals surface area (Å²) in [6, 6.07) is 4.20. The van der Waals surface area contributed by atoms with Gasteiger partial charge < -0.3 is 4.42 Å². The van der Waals surface area contributed by atoms with Gasteiger partial charge in [0.05, 0.1) is 0 Å². The molecule has 72 valence electrons. The van der Waals surface area contributed by atoms with E-state index in [4.69, 9.17) is 4.42 Å². The standard InChI is InChI=1S/C12H13NO/c1-7-5-10-11(6-8(7)2)14-12(13-10)9-3-4-9/h5-6,9H,3-4H2,1-2H3. The number of nitrogens with zero attached hydrogens (tertiary/aromatic N) is 1. The fraction of sp³-hybridized carbons (Fsp3) is 0.417. The molecule has 0 unspecified atom stereocenters. The highest BCUT2D eigenvalue weighted by molar-refractivity contribution is 5.74. The molecule has 14 heavy (non-hydrogen) atoms. The van der Waals surface area contributed by atoms with Crippen molar-refractivity contribution in [1.82, 2.24) is 4.98 Å². The summed E-state index contributed by atoms with van der Waals surface area (Å²) in [5.74, 6) is 1.54. The minimum atomic E-state index is 0.600. The van der Waals surface area contributed by atoms with Crippen LogP contribution in [-0.2, 0) is 0 Å². The Labute approximate surface area is 82.9 Å². The summed E-state index contributed by atoms with van der Waals surface area (Å²) in [5, 5.41) is 0. The molecule has 1 heterocycles. The second kappa shape index (κ2) is 2.59. The molecule has 2 aromatic rings. The van der Waals surface area contributed by atoms with Gasteiger partial charge in [0.15, 0.2) is 11.5 Å². The first kappa shape index (κ1) is 8.04. The van der Waals surface area contributed by atoms with Gasteiger partial charge in [0.2, 0.25) is 0 Å². The van der Waals surface area contributed by atoms with Crippen molar-refractivity contribution in [3.63, 3.8) is 0 Å². The van der Waals surface area contributed by atoms with Crippen molar-refractivity contribution < 1.29 is 4.42 Å². The average Bonchev–Trinajstić information content (AvgIpc) is 2.90. The highest BCUT2D eigenvalue weighted by Gasteiger charge is 2.28. The van der Waals surface area contributed by atoms with Crippen molar-refractivity contribution in [2.45, 2.75) is 32.6 Å². The Morgan fingerprint density at radius 3 is 2.64 bits per heavy atom. The smallest absolute Gasteiger partial charge is 0.198 e. The molecule has 0 amide bonds. The van der Waals surface area contributed by atoms with Gasteiger partial charge in [0.25, 0.3) is 0 Å². The monoisotopic (exact) mass is 187 g/mol. The molecule has 1 aromatic carbocycles. The molecule has 0 spiro atoms. The highest BCUT2D eigenvalue weighted by atomic mass is 16.3. The lowest BCUT2D eigenvalue weighted by Crippen LogP contribution is -1.79. The average molecular weight is 187 g/mol. The Hall–Kier alpha value is -1.31. The lowest BCUT2D eigenvalue weighted by Gasteiger charge is -1.96. The number of oxazole rings is 1. The summed E-state index contributed by atoms with van der Waals surface area (Å²) in [7, 11) is 0. The molecule has 1 saturated carbocycles. The van der Waals surface area contributed by atoms with Crippen molar-refractivity contribution in [2.75, 3.05) is 0 Å². The van der Waals surface area contributed by atoms with Gasteiger partial charge in [0.1, 0.15) is 5.52 Å². The van der Waals surface area contributed by atoms with E-state index in [2.05, 4.69) is 31.0 Å². The SMILES string of the molecule is Cc1cc2nc(C3CC3)oc2cc1C. The van der Waals surface area contributed by atoms with E-state index in [0.29, 0.717) is 5.92 Å². The minimum Gasteiger partial charge on any atom is -0.440 e. The summed E-state index contributed by atoms with van der Waals surface area (Å²) in [6.07, 6.45) is 2.48. The maximum absolute atomic E-state index is 5.72. The zero-order valence-electron chi connectivity index (χ0n) is 8.50. The van der Waals surface area contributed by atoms with Crippen molar-refractivity contribution in [3.8, 4) is 0 Å². The van der Waals surface area contributed by atoms with Crippen LogP contribution in [0.15, 0.2) is 16.5 Å². The summed E-state index contributed by atoms with van der Waals surface area (Å²) in [4.78, 5) is 4.51. The first-order valence-corrected chi connectivity index (χ1v) is 5.12. The predicted molar refractivity (Wildman–Crippen MR) is 55.5 cm³/mol. The maximum Gasteiger partial charge on any atom is 0.198 e. The second-order valence-corrected chi connectivity index (χ2v) is 4.23. The predicted octanol–water partition coefficient (Wildman–Crippen LogP) is 3.32. The van der Waals surface area contributed by atoms with E-state index in [1.54, 1.807) is 0 Å². The van der Waals surface area contributed by atoms with Crippen molar-refractivity contribution in [2.24, 2.45) is 0 Å². The van der Waals surface area contributed by atoms with E-state index in [0.717, 1.165) is 17.0 Å². The Balaban J connectivity index is 2.22. The molecule has 0 atom stereocenters. The van der Waals surface area contributed by atoms with Crippen LogP contribution in [0.2, 0.25) is 0 Å². The van der Waals surface area contributed by atoms with E-state index >= 15 is 0 Å². The van der Waals surface area contributed by atoms with E-state index in [9.17, 15) is 0 Å². The molecular weight excluding hydrogens is 174 g/mol. The second-order valence-electron chi connectivity index (χ2n) is 4.23. The number of aryl methyl sites for hydroxylation is 2. The van der Waals surface area contributed by atoms with Crippen molar-refractivity contribution in [3.05, 3.63) is 29.2 Å². The van der Waals surface area contributed by atoms with E-state index in [1.165, 1.54) is 24.0 Å². The number of aromatic nitrogens is 1. The third-order valence-corrected chi connectivity index (χ3v) is 2.95. The van der Waals surface area contributed by atoms with Gasteiger partial charge >= 0.3 is 0 Å². The highest BCUT2D eigenvalue weighted by Crippen LogP contribution is 2.40. The van der Waals surface area contributed by atoms with Crippen molar-refractivity contribution in [1.29, 1.82) is 0 Å². The molecular formula is C12H13NO. The van der Waals surface area contributed by atoms with Crippen molar-refractivity contribution >= 4 is 11.1 Å². The number of rotatable bonds is 1. The number of hydrogen-bond donors (Lipinski definition) is 0. The van der Waals surface area contributed by atoms with Gasteiger partial charge in [-0.3, -0.25) is 0 Å². The molecule has 2 nitrogen and oxygen atoms in total. The Morgan fingerprint density at radius 2 is 1.93 bits per heavy atom. The fourth-order valence-electron chi connectivity index (χ4n) is 1.70. The van der Waals surface area contributed by atoms with Crippen LogP contribution in [0.25, 0.3) is 11.1 Å². The van der Waals surface area contributed by atoms with Crippen LogP contribution >= 0.6 is 0 Å². The lowest BCUT2D eigenvalue weighted by molar-refractivity contribution is 0.533. The molecule has 1 aliphatic rings. The zero-order chi connectivity index (χ0) is 9.71. The maximum atomic E-state index is 5.72. The van der Waals surface area contributed by atoms with E-state index in [1.807, 2.05) is 0 Å². The van der Waals surface area contributed by atoms with Crippen LogP contribution in [0.3, 0.4) is 0 Å². The first-order valence-electron chi connectivity index (χ1n) is 5.12. The van der Waals surface area contributed by atoms with Crippen LogP contribution in [-0.4, -0.2) is 4.98 Å². The minimum absolute atomic E-state index is 0.600. The van der Waals surface area contributed by atoms with Gasteiger partial charge in [-0.25, -0.2) is 4.98 Å². The molecule has 1 fully saturated rings. The molecule has 0 saturated heterocycles. The van der Waals surface area contributed by atoms with Crippen LogP contribution < -0.4 is 0 Å². The largest absolute Gasteiger partial charge is 0.440 e. The van der Waals surface area contributed by atoms with Gasteiger partial charge in [0, 0.05) is 5.92 Å². The molecule has 0 radical (unpaired) electrons. The zero-order valence-corrected chi connectivity index (χ0v) is 8.50. The fourth-order valence-corrected chi connectivity index (χ4v) is 1.70. The Kier molecular flexibility index (Phi) is 1.49. The lowest BCUT2D eigenvalue weighted by atomic mass is 10.1. The summed E-state index contributed by atoms with van der Waals surface area (Å²) in [6.45, 7) is 4.22. The molecule has 1 aromatic heterocycles. The van der Waals surface area contributed by atoms with Crippen LogP contribution in [0.1, 0.15) is 35.8 Å². The molecule has 0 bridgehead atoms. The van der Waals surface area contributed by atoms with Crippen LogP contribution in [0.5, 0.6) is 0 Å². The summed E-state index contributed by atoms with van der Waals surface area (Å²) >= 11 is 0. The van der Waals surface area contributed by atoms with Gasteiger partial charge in [-0.2, -0.15) is 0 Å². The Morgan fingerprint density at radius 1 is 1.21 bits per heavy atom. The summed E-state index contributed by atoms with van der Waals surface area (Å²) < 4.78 is 5.72. The van der Waals surface area contributed by atoms with E-state index < -0.39 is 0 Å². The van der Waals surface area contributed by atoms with E-state index in [-0.39, 0.29) is 0 Å². The van der Waals surface area contributed by atoms with Gasteiger partial charge in [-0.15, -0.1) is 0 Å². The molecule has 2 heteroatoms. The van der Waals surface area contributed by atoms with Crippen LogP contribution in [0.4, 0.5) is 0 Å². The molecule has 1 aliphatic carbocycles. The van der Waals surface area contributed by atoms with Gasteiger partial charge in [-0.1, -0.05) is 0 Å². The number of fused-ring (bicyclic) bond motifs is 1. The third-order valence-electron chi connectivity index (χ3n) is 2.95. The summed E-state index contributed by atoms with van der Waals surface area (Å²) in [5.41, 5.74) is 4.51. The van der Waals surface area contributed by atoms with Gasteiger partial charge in [-0.05, 0) is 49.9 Å². The topological polar surface area (TPSA) is 26.0 Å². The first-order chi connectivity index (χ1) is 6.74. The third kappa shape index (κ3) is 1.14. The molecule has 0 aliphatic heterocycles. The molecule has 3 rings (SSSR count). The quantitative estimate of drug-likeness (QED) is 0.684. The Bertz CT molecular complexity index is 455. The number of benzene rings is 1.